The number of benzene rings is 2. The summed E-state index contributed by atoms with van der Waals surface area (Å²) in [5, 5.41) is 12.2. The number of unbranched alkanes of at least 4 members (excludes halogenated alkanes) is 2. The maximum absolute atomic E-state index is 13.8. The number of likely N-dealkylation sites (tertiary alicyclic amines) is 1. The Morgan fingerprint density at radius 2 is 1.80 bits per heavy atom. The lowest BCUT2D eigenvalue weighted by Crippen LogP contribution is -2.52. The van der Waals surface area contributed by atoms with Gasteiger partial charge in [-0.25, -0.2) is 0 Å². The second kappa shape index (κ2) is 10.7. The molecule has 0 radical (unpaired) electrons. The van der Waals surface area contributed by atoms with E-state index in [0.29, 0.717) is 35.5 Å². The lowest BCUT2D eigenvalue weighted by atomic mass is 9.90. The van der Waals surface area contributed by atoms with Gasteiger partial charge in [0.1, 0.15) is 5.75 Å². The minimum atomic E-state index is -1.21. The number of para-hydroxylation sites is 2. The first-order valence-electron chi connectivity index (χ1n) is 12.8. The number of piperidine rings is 1. The Morgan fingerprint density at radius 3 is 2.54 bits per heavy atom. The van der Waals surface area contributed by atoms with Gasteiger partial charge in [0.2, 0.25) is 5.60 Å². The fourth-order valence-corrected chi connectivity index (χ4v) is 5.49. The number of amides is 1. The minimum absolute atomic E-state index is 0.00620. The number of nitrogens with two attached hydrogens (primary N) is 1. The average Bonchev–Trinajstić information content (AvgIpc) is 2.87. The van der Waals surface area contributed by atoms with Crippen LogP contribution in [0.5, 0.6) is 5.75 Å². The molecule has 0 bridgehead atoms. The van der Waals surface area contributed by atoms with Crippen molar-refractivity contribution in [2.24, 2.45) is 10.9 Å². The molecule has 3 unspecified atom stereocenters. The Kier molecular flexibility index (Phi) is 7.65. The topological polar surface area (TPSA) is 91.4 Å². The van der Waals surface area contributed by atoms with Gasteiger partial charge in [0, 0.05) is 29.8 Å². The summed E-state index contributed by atoms with van der Waals surface area (Å²) in [5.41, 5.74) is 6.60. The molecule has 3 atom stereocenters. The van der Waals surface area contributed by atoms with Crippen LogP contribution in [0.3, 0.4) is 0 Å². The predicted octanol–water partition coefficient (Wildman–Crippen LogP) is 4.86. The van der Waals surface area contributed by atoms with Crippen molar-refractivity contribution in [2.45, 2.75) is 77.0 Å². The number of carbonyl (C=O) groups is 1. The molecular weight excluding hydrogens is 440 g/mol. The van der Waals surface area contributed by atoms with Crippen LogP contribution >= 0.6 is 0 Å². The maximum Gasteiger partial charge on any atom is 0.275 e. The van der Waals surface area contributed by atoms with Gasteiger partial charge in [-0.15, -0.1) is 0 Å². The molecule has 0 saturated carbocycles. The van der Waals surface area contributed by atoms with Crippen molar-refractivity contribution in [1.29, 1.82) is 0 Å². The third-order valence-electron chi connectivity index (χ3n) is 7.61. The van der Waals surface area contributed by atoms with E-state index < -0.39 is 5.60 Å². The summed E-state index contributed by atoms with van der Waals surface area (Å²) >= 11 is 0. The number of oxime groups is 1. The molecule has 7 heteroatoms. The summed E-state index contributed by atoms with van der Waals surface area (Å²) in [6.07, 6.45) is 7.04. The Morgan fingerprint density at radius 1 is 1.09 bits per heavy atom. The molecule has 1 saturated heterocycles. The van der Waals surface area contributed by atoms with Gasteiger partial charge in [-0.3, -0.25) is 9.69 Å². The molecule has 188 valence electrons. The first-order valence-corrected chi connectivity index (χ1v) is 12.8. The zero-order valence-electron chi connectivity index (χ0n) is 21.1. The lowest BCUT2D eigenvalue weighted by molar-refractivity contribution is -0.135. The average molecular weight is 479 g/mol. The summed E-state index contributed by atoms with van der Waals surface area (Å²) in [7, 11) is 0. The van der Waals surface area contributed by atoms with Gasteiger partial charge in [0.05, 0.1) is 5.69 Å². The van der Waals surface area contributed by atoms with E-state index in [-0.39, 0.29) is 11.7 Å². The molecule has 2 heterocycles. The van der Waals surface area contributed by atoms with Crippen LogP contribution in [0.4, 0.5) is 5.69 Å². The van der Waals surface area contributed by atoms with Crippen LogP contribution in [-0.4, -0.2) is 47.0 Å². The molecule has 4 rings (SSSR count). The van der Waals surface area contributed by atoms with Crippen molar-refractivity contribution < 1.29 is 14.7 Å². The van der Waals surface area contributed by atoms with Crippen molar-refractivity contribution in [3.8, 4) is 5.75 Å². The molecular formula is C28H38N4O3. The van der Waals surface area contributed by atoms with Gasteiger partial charge in [-0.05, 0) is 71.2 Å². The molecule has 7 nitrogen and oxygen atoms in total. The molecule has 2 aliphatic rings. The van der Waals surface area contributed by atoms with Crippen molar-refractivity contribution in [2.75, 3.05) is 18.0 Å². The van der Waals surface area contributed by atoms with E-state index in [9.17, 15) is 4.79 Å². The Hall–Kier alpha value is -3.06. The minimum Gasteiger partial charge on any atom is -0.471 e. The van der Waals surface area contributed by atoms with Gasteiger partial charge < -0.3 is 20.6 Å². The number of nitrogens with zero attached hydrogens (tertiary/aromatic N) is 3. The molecule has 0 aromatic heterocycles. The number of rotatable bonds is 8. The van der Waals surface area contributed by atoms with Crippen LogP contribution in [0, 0.1) is 0 Å². The standard InChI is InChI=1S/C28H38N4O3/c1-20-11-9-12-21(2)31(20)17-7-4-8-18-32-24-15-5-6-16-25(24)35-28(3,27(32)33)23-14-10-13-22(19-23)26(29)30-34/h5-6,10,13-16,19-21,34H,4,7-9,11-12,17-18H2,1-3H3,(H2,29,30). The van der Waals surface area contributed by atoms with Gasteiger partial charge in [0.15, 0.2) is 5.84 Å². The van der Waals surface area contributed by atoms with Gasteiger partial charge in [-0.1, -0.05) is 48.3 Å². The highest BCUT2D eigenvalue weighted by molar-refractivity contribution is 6.04. The molecule has 1 fully saturated rings. The van der Waals surface area contributed by atoms with Crippen molar-refractivity contribution in [1.82, 2.24) is 4.90 Å². The van der Waals surface area contributed by atoms with Crippen LogP contribution in [0.25, 0.3) is 0 Å². The predicted molar refractivity (Wildman–Crippen MR) is 139 cm³/mol. The third-order valence-corrected chi connectivity index (χ3v) is 7.61. The Labute approximate surface area is 208 Å². The van der Waals surface area contributed by atoms with Crippen LogP contribution in [0.1, 0.15) is 70.4 Å². The van der Waals surface area contributed by atoms with Gasteiger partial charge in [0.25, 0.3) is 5.91 Å². The SMILES string of the molecule is CC1CCCC(C)N1CCCCCN1C(=O)C(C)(c2cccc(/C(N)=N/O)c2)Oc2ccccc21. The number of hydrogen-bond acceptors (Lipinski definition) is 5. The van der Waals surface area contributed by atoms with Crippen molar-refractivity contribution in [3.63, 3.8) is 0 Å². The van der Waals surface area contributed by atoms with Crippen LogP contribution in [0.15, 0.2) is 53.7 Å². The molecule has 35 heavy (non-hydrogen) atoms. The summed E-state index contributed by atoms with van der Waals surface area (Å²) < 4.78 is 6.31. The molecule has 2 aliphatic heterocycles. The highest BCUT2D eigenvalue weighted by Gasteiger charge is 2.46. The van der Waals surface area contributed by atoms with Gasteiger partial charge in [-0.2, -0.15) is 0 Å². The first kappa shape index (κ1) is 25.0. The van der Waals surface area contributed by atoms with E-state index in [2.05, 4.69) is 23.9 Å². The number of fused-ring (bicyclic) bond motifs is 1. The normalized spacial score (nSPS) is 25.3. The Bertz CT molecular complexity index is 1060. The van der Waals surface area contributed by atoms with Crippen LogP contribution < -0.4 is 15.4 Å². The number of hydrogen-bond donors (Lipinski definition) is 2. The number of carbonyl (C=O) groups excluding carboxylic acids is 1. The third kappa shape index (κ3) is 5.15. The summed E-state index contributed by atoms with van der Waals surface area (Å²) in [6, 6.07) is 16.1. The molecule has 2 aromatic carbocycles. The molecule has 1 amide bonds. The van der Waals surface area contributed by atoms with Crippen LogP contribution in [0.2, 0.25) is 0 Å². The van der Waals surface area contributed by atoms with E-state index in [1.54, 1.807) is 25.1 Å². The molecule has 2 aromatic rings. The van der Waals surface area contributed by atoms with E-state index >= 15 is 0 Å². The first-order chi connectivity index (χ1) is 16.8. The quantitative estimate of drug-likeness (QED) is 0.186. The van der Waals surface area contributed by atoms with E-state index in [4.69, 9.17) is 15.7 Å². The molecule has 0 spiro atoms. The number of amidine groups is 1. The summed E-state index contributed by atoms with van der Waals surface area (Å²) in [4.78, 5) is 18.3. The second-order valence-electron chi connectivity index (χ2n) is 10.1. The zero-order chi connectivity index (χ0) is 25.0. The number of anilines is 1. The molecule has 3 N–H and O–H groups in total. The lowest BCUT2D eigenvalue weighted by Gasteiger charge is -2.41. The number of ether oxygens (including phenoxy) is 1. The highest BCUT2D eigenvalue weighted by Crippen LogP contribution is 2.42. The van der Waals surface area contributed by atoms with Crippen molar-refractivity contribution >= 4 is 17.4 Å². The zero-order valence-corrected chi connectivity index (χ0v) is 21.1. The fourth-order valence-electron chi connectivity index (χ4n) is 5.49. The molecule has 0 aliphatic carbocycles. The maximum atomic E-state index is 13.8. The largest absolute Gasteiger partial charge is 0.471 e. The fraction of sp³-hybridized carbons (Fsp3) is 0.500. The van der Waals surface area contributed by atoms with Gasteiger partial charge >= 0.3 is 0 Å². The van der Waals surface area contributed by atoms with E-state index in [1.165, 1.54) is 19.3 Å². The smallest absolute Gasteiger partial charge is 0.275 e. The summed E-state index contributed by atoms with van der Waals surface area (Å²) in [5.74, 6) is 0.569. The highest BCUT2D eigenvalue weighted by atomic mass is 16.5. The summed E-state index contributed by atoms with van der Waals surface area (Å²) in [6.45, 7) is 8.24. The Balaban J connectivity index is 1.48. The second-order valence-corrected chi connectivity index (χ2v) is 10.1. The van der Waals surface area contributed by atoms with E-state index in [0.717, 1.165) is 31.5 Å². The van der Waals surface area contributed by atoms with Crippen molar-refractivity contribution in [3.05, 3.63) is 59.7 Å². The van der Waals surface area contributed by atoms with E-state index in [1.807, 2.05) is 35.2 Å². The van der Waals surface area contributed by atoms with Crippen LogP contribution in [-0.2, 0) is 10.4 Å². The monoisotopic (exact) mass is 478 g/mol.